The van der Waals surface area contributed by atoms with Gasteiger partial charge in [0.1, 0.15) is 5.82 Å². The molecule has 2 rings (SSSR count). The van der Waals surface area contributed by atoms with E-state index in [0.29, 0.717) is 19.5 Å². The molecule has 0 fully saturated rings. The molecule has 0 saturated carbocycles. The van der Waals surface area contributed by atoms with Crippen LogP contribution in [0.4, 0.5) is 4.39 Å². The number of rotatable bonds is 6. The molecular formula is C18H17FN2O. The predicted octanol–water partition coefficient (Wildman–Crippen LogP) is 3.42. The lowest BCUT2D eigenvalue weighted by Gasteiger charge is -2.22. The molecular weight excluding hydrogens is 279 g/mol. The number of carbonyl (C=O) groups excluding carboxylic acids is 1. The van der Waals surface area contributed by atoms with Gasteiger partial charge < -0.3 is 4.90 Å². The predicted molar refractivity (Wildman–Crippen MR) is 82.7 cm³/mol. The van der Waals surface area contributed by atoms with E-state index in [-0.39, 0.29) is 17.9 Å². The number of amides is 1. The monoisotopic (exact) mass is 296 g/mol. The van der Waals surface area contributed by atoms with E-state index in [1.165, 1.54) is 17.0 Å². The lowest BCUT2D eigenvalue weighted by Crippen LogP contribution is -2.34. The number of carbonyl (C=O) groups is 1. The molecule has 1 amide bonds. The summed E-state index contributed by atoms with van der Waals surface area (Å²) in [6.07, 6.45) is 0.904. The van der Waals surface area contributed by atoms with E-state index in [1.54, 1.807) is 12.1 Å². The molecule has 0 radical (unpaired) electrons. The molecule has 112 valence electrons. The van der Waals surface area contributed by atoms with Crippen LogP contribution in [0.5, 0.6) is 0 Å². The zero-order valence-electron chi connectivity index (χ0n) is 12.2. The van der Waals surface area contributed by atoms with Gasteiger partial charge >= 0.3 is 0 Å². The van der Waals surface area contributed by atoms with E-state index in [1.807, 2.05) is 36.4 Å². The number of halogens is 1. The molecule has 0 spiro atoms. The third-order valence-corrected chi connectivity index (χ3v) is 3.40. The van der Waals surface area contributed by atoms with Crippen LogP contribution in [0.15, 0.2) is 54.6 Å². The second-order valence-corrected chi connectivity index (χ2v) is 4.92. The van der Waals surface area contributed by atoms with Gasteiger partial charge in [-0.1, -0.05) is 42.5 Å². The molecule has 0 unspecified atom stereocenters. The quantitative estimate of drug-likeness (QED) is 0.819. The molecule has 0 heterocycles. The first-order chi connectivity index (χ1) is 10.7. The van der Waals surface area contributed by atoms with Gasteiger partial charge in [-0.2, -0.15) is 5.26 Å². The summed E-state index contributed by atoms with van der Waals surface area (Å²) in [6.45, 7) is 0.759. The van der Waals surface area contributed by atoms with Gasteiger partial charge in [0.25, 0.3) is 5.91 Å². The number of nitriles is 1. The third kappa shape index (κ3) is 4.16. The minimum absolute atomic E-state index is 0.0495. The molecule has 0 aromatic heterocycles. The van der Waals surface area contributed by atoms with Crippen LogP contribution < -0.4 is 0 Å². The number of benzene rings is 2. The molecule has 3 nitrogen and oxygen atoms in total. The topological polar surface area (TPSA) is 44.1 Å². The van der Waals surface area contributed by atoms with Gasteiger partial charge in [0.15, 0.2) is 0 Å². The van der Waals surface area contributed by atoms with Gasteiger partial charge in [0.05, 0.1) is 18.1 Å². The van der Waals surface area contributed by atoms with Gasteiger partial charge in [-0.3, -0.25) is 4.79 Å². The van der Waals surface area contributed by atoms with Gasteiger partial charge in [0.2, 0.25) is 0 Å². The van der Waals surface area contributed by atoms with Crippen molar-refractivity contribution < 1.29 is 9.18 Å². The molecule has 0 saturated heterocycles. The molecule has 2 aromatic carbocycles. The van der Waals surface area contributed by atoms with Gasteiger partial charge in [-0.15, -0.1) is 0 Å². The molecule has 0 atom stereocenters. The highest BCUT2D eigenvalue weighted by atomic mass is 19.1. The Hall–Kier alpha value is -2.67. The molecule has 22 heavy (non-hydrogen) atoms. The first kappa shape index (κ1) is 15.7. The van der Waals surface area contributed by atoms with Crippen LogP contribution >= 0.6 is 0 Å². The zero-order chi connectivity index (χ0) is 15.8. The van der Waals surface area contributed by atoms with Crippen molar-refractivity contribution in [2.75, 3.05) is 13.1 Å². The maximum atomic E-state index is 13.8. The Morgan fingerprint density at radius 3 is 2.41 bits per heavy atom. The Bertz CT molecular complexity index is 664. The van der Waals surface area contributed by atoms with Crippen molar-refractivity contribution in [3.05, 3.63) is 71.5 Å². The SMILES string of the molecule is N#CCCN(CCc1ccccc1)C(=O)c1ccccc1F. The summed E-state index contributed by atoms with van der Waals surface area (Å²) in [6, 6.07) is 17.7. The maximum absolute atomic E-state index is 13.8. The Balaban J connectivity index is 2.10. The largest absolute Gasteiger partial charge is 0.337 e. The molecule has 0 aliphatic rings. The summed E-state index contributed by atoms with van der Waals surface area (Å²) in [7, 11) is 0. The lowest BCUT2D eigenvalue weighted by molar-refractivity contribution is 0.0756. The van der Waals surface area contributed by atoms with Crippen LogP contribution in [0.1, 0.15) is 22.3 Å². The summed E-state index contributed by atoms with van der Waals surface area (Å²) >= 11 is 0. The van der Waals surface area contributed by atoms with Crippen molar-refractivity contribution in [1.82, 2.24) is 4.90 Å². The second-order valence-electron chi connectivity index (χ2n) is 4.92. The van der Waals surface area contributed by atoms with Crippen LogP contribution in [-0.2, 0) is 6.42 Å². The third-order valence-electron chi connectivity index (χ3n) is 3.40. The molecule has 2 aromatic rings. The van der Waals surface area contributed by atoms with Crippen LogP contribution in [0, 0.1) is 17.1 Å². The standard InChI is InChI=1S/C18H17FN2O/c19-17-10-5-4-9-16(17)18(22)21(13-6-12-20)14-11-15-7-2-1-3-8-15/h1-5,7-10H,6,11,13-14H2. The summed E-state index contributed by atoms with van der Waals surface area (Å²) in [5, 5.41) is 8.75. The fourth-order valence-corrected chi connectivity index (χ4v) is 2.21. The normalized spacial score (nSPS) is 10.0. The van der Waals surface area contributed by atoms with E-state index >= 15 is 0 Å². The van der Waals surface area contributed by atoms with E-state index in [0.717, 1.165) is 5.56 Å². The summed E-state index contributed by atoms with van der Waals surface area (Å²) in [4.78, 5) is 14.0. The molecule has 4 heteroatoms. The van der Waals surface area contributed by atoms with Crippen molar-refractivity contribution in [3.63, 3.8) is 0 Å². The van der Waals surface area contributed by atoms with Gasteiger partial charge in [0, 0.05) is 13.1 Å². The van der Waals surface area contributed by atoms with E-state index in [4.69, 9.17) is 5.26 Å². The van der Waals surface area contributed by atoms with Gasteiger partial charge in [-0.05, 0) is 24.1 Å². The Morgan fingerprint density at radius 1 is 1.05 bits per heavy atom. The number of hydrogen-bond acceptors (Lipinski definition) is 2. The summed E-state index contributed by atoms with van der Waals surface area (Å²) in [5.41, 5.74) is 1.15. The highest BCUT2D eigenvalue weighted by molar-refractivity contribution is 5.94. The Morgan fingerprint density at radius 2 is 1.73 bits per heavy atom. The minimum atomic E-state index is -0.533. The zero-order valence-corrected chi connectivity index (χ0v) is 12.2. The van der Waals surface area contributed by atoms with Crippen LogP contribution in [0.25, 0.3) is 0 Å². The Labute approximate surface area is 129 Å². The van der Waals surface area contributed by atoms with Crippen molar-refractivity contribution in [3.8, 4) is 6.07 Å². The average Bonchev–Trinajstić information content (AvgIpc) is 2.56. The first-order valence-electron chi connectivity index (χ1n) is 7.17. The second kappa shape index (κ2) is 7.94. The van der Waals surface area contributed by atoms with Crippen molar-refractivity contribution in [2.45, 2.75) is 12.8 Å². The Kier molecular flexibility index (Phi) is 5.67. The molecule has 0 bridgehead atoms. The van der Waals surface area contributed by atoms with Gasteiger partial charge in [-0.25, -0.2) is 4.39 Å². The van der Waals surface area contributed by atoms with Crippen LogP contribution in [0.2, 0.25) is 0 Å². The highest BCUT2D eigenvalue weighted by Gasteiger charge is 2.18. The fourth-order valence-electron chi connectivity index (χ4n) is 2.21. The molecule has 0 N–H and O–H groups in total. The molecule has 0 aliphatic heterocycles. The number of hydrogen-bond donors (Lipinski definition) is 0. The highest BCUT2D eigenvalue weighted by Crippen LogP contribution is 2.11. The van der Waals surface area contributed by atoms with E-state index in [9.17, 15) is 9.18 Å². The first-order valence-corrected chi connectivity index (χ1v) is 7.17. The van der Waals surface area contributed by atoms with E-state index in [2.05, 4.69) is 0 Å². The minimum Gasteiger partial charge on any atom is -0.337 e. The van der Waals surface area contributed by atoms with Crippen molar-refractivity contribution >= 4 is 5.91 Å². The van der Waals surface area contributed by atoms with Crippen molar-refractivity contribution in [2.24, 2.45) is 0 Å². The molecule has 0 aliphatic carbocycles. The van der Waals surface area contributed by atoms with E-state index < -0.39 is 5.82 Å². The summed E-state index contributed by atoms with van der Waals surface area (Å²) in [5.74, 6) is -0.904. The van der Waals surface area contributed by atoms with Crippen molar-refractivity contribution in [1.29, 1.82) is 5.26 Å². The average molecular weight is 296 g/mol. The van der Waals surface area contributed by atoms with Crippen LogP contribution in [-0.4, -0.2) is 23.9 Å². The van der Waals surface area contributed by atoms with Crippen LogP contribution in [0.3, 0.4) is 0 Å². The lowest BCUT2D eigenvalue weighted by atomic mass is 10.1. The number of nitrogens with zero attached hydrogens (tertiary/aromatic N) is 2. The maximum Gasteiger partial charge on any atom is 0.256 e. The fraction of sp³-hybridized carbons (Fsp3) is 0.222. The smallest absolute Gasteiger partial charge is 0.256 e. The summed E-state index contributed by atoms with van der Waals surface area (Å²) < 4.78 is 13.8.